The normalized spacial score (nSPS) is 22.9. The van der Waals surface area contributed by atoms with Crippen LogP contribution in [0.25, 0.3) is 0 Å². The standard InChI is InChI=1S/C11H20N4O2S/c1-3-9-10(12)11(15(2)14-9)13-8-5-4-6-18(16,17)7-8/h8,13H,3-7,12H2,1-2H3. The molecule has 18 heavy (non-hydrogen) atoms. The molecular formula is C11H20N4O2S. The van der Waals surface area contributed by atoms with Crippen molar-refractivity contribution in [2.75, 3.05) is 22.6 Å². The summed E-state index contributed by atoms with van der Waals surface area (Å²) in [5, 5.41) is 7.53. The van der Waals surface area contributed by atoms with Crippen molar-refractivity contribution in [3.63, 3.8) is 0 Å². The quantitative estimate of drug-likeness (QED) is 0.839. The first-order chi connectivity index (χ1) is 8.43. The van der Waals surface area contributed by atoms with Gasteiger partial charge in [0.2, 0.25) is 0 Å². The molecule has 1 aliphatic rings. The van der Waals surface area contributed by atoms with Crippen molar-refractivity contribution in [2.24, 2.45) is 7.05 Å². The second-order valence-electron chi connectivity index (χ2n) is 4.78. The highest BCUT2D eigenvalue weighted by atomic mass is 32.2. The van der Waals surface area contributed by atoms with Crippen LogP contribution in [0.4, 0.5) is 11.5 Å². The van der Waals surface area contributed by atoms with Gasteiger partial charge in [0.05, 0.1) is 22.9 Å². The van der Waals surface area contributed by atoms with E-state index in [-0.39, 0.29) is 11.8 Å². The third-order valence-electron chi connectivity index (χ3n) is 3.30. The van der Waals surface area contributed by atoms with E-state index in [2.05, 4.69) is 10.4 Å². The van der Waals surface area contributed by atoms with Crippen molar-refractivity contribution >= 4 is 21.3 Å². The lowest BCUT2D eigenvalue weighted by atomic mass is 10.2. The van der Waals surface area contributed by atoms with Gasteiger partial charge < -0.3 is 11.1 Å². The van der Waals surface area contributed by atoms with Gasteiger partial charge in [-0.25, -0.2) is 8.42 Å². The van der Waals surface area contributed by atoms with Crippen LogP contribution >= 0.6 is 0 Å². The number of nitrogens with zero attached hydrogens (tertiary/aromatic N) is 2. The van der Waals surface area contributed by atoms with E-state index in [0.29, 0.717) is 17.9 Å². The second-order valence-corrected chi connectivity index (χ2v) is 7.01. The number of nitrogens with two attached hydrogens (primary N) is 1. The maximum atomic E-state index is 11.6. The zero-order chi connectivity index (χ0) is 13.3. The molecule has 102 valence electrons. The molecule has 1 atom stereocenters. The van der Waals surface area contributed by atoms with Crippen molar-refractivity contribution in [3.05, 3.63) is 5.69 Å². The number of nitrogens with one attached hydrogen (secondary N) is 1. The van der Waals surface area contributed by atoms with Crippen molar-refractivity contribution in [2.45, 2.75) is 32.2 Å². The first-order valence-electron chi connectivity index (χ1n) is 6.21. The van der Waals surface area contributed by atoms with Gasteiger partial charge in [-0.15, -0.1) is 0 Å². The molecule has 7 heteroatoms. The largest absolute Gasteiger partial charge is 0.394 e. The van der Waals surface area contributed by atoms with Gasteiger partial charge in [-0.2, -0.15) is 5.10 Å². The maximum absolute atomic E-state index is 11.6. The number of aryl methyl sites for hydroxylation is 2. The third-order valence-corrected chi connectivity index (χ3v) is 5.12. The number of nitrogen functional groups attached to an aromatic ring is 1. The van der Waals surface area contributed by atoms with E-state index in [9.17, 15) is 8.42 Å². The van der Waals surface area contributed by atoms with Gasteiger partial charge >= 0.3 is 0 Å². The Bertz CT molecular complexity index is 535. The molecule has 1 unspecified atom stereocenters. The molecule has 0 spiro atoms. The summed E-state index contributed by atoms with van der Waals surface area (Å²) in [6.45, 7) is 1.99. The minimum atomic E-state index is -2.91. The number of hydrogen-bond acceptors (Lipinski definition) is 5. The minimum absolute atomic E-state index is 0.0637. The highest BCUT2D eigenvalue weighted by molar-refractivity contribution is 7.91. The molecule has 2 rings (SSSR count). The second kappa shape index (κ2) is 4.79. The molecule has 0 aliphatic carbocycles. The summed E-state index contributed by atoms with van der Waals surface area (Å²) >= 11 is 0. The van der Waals surface area contributed by atoms with Gasteiger partial charge in [0, 0.05) is 13.1 Å². The van der Waals surface area contributed by atoms with Crippen LogP contribution in [0.3, 0.4) is 0 Å². The van der Waals surface area contributed by atoms with Crippen LogP contribution in [0.1, 0.15) is 25.5 Å². The van der Waals surface area contributed by atoms with Gasteiger partial charge in [0.15, 0.2) is 9.84 Å². The fraction of sp³-hybridized carbons (Fsp3) is 0.727. The molecule has 2 heterocycles. The van der Waals surface area contributed by atoms with E-state index in [1.165, 1.54) is 0 Å². The Hall–Kier alpha value is -1.24. The van der Waals surface area contributed by atoms with Gasteiger partial charge in [0.1, 0.15) is 5.82 Å². The summed E-state index contributed by atoms with van der Waals surface area (Å²) < 4.78 is 24.9. The Morgan fingerprint density at radius 2 is 2.28 bits per heavy atom. The number of aromatic nitrogens is 2. The van der Waals surface area contributed by atoms with Crippen molar-refractivity contribution in [1.82, 2.24) is 9.78 Å². The lowest BCUT2D eigenvalue weighted by molar-refractivity contribution is 0.560. The molecule has 1 aromatic heterocycles. The highest BCUT2D eigenvalue weighted by Crippen LogP contribution is 2.25. The number of anilines is 2. The summed E-state index contributed by atoms with van der Waals surface area (Å²) in [5.41, 5.74) is 7.48. The summed E-state index contributed by atoms with van der Waals surface area (Å²) in [6.07, 6.45) is 2.33. The molecule has 1 aromatic rings. The van der Waals surface area contributed by atoms with Crippen LogP contribution < -0.4 is 11.1 Å². The van der Waals surface area contributed by atoms with E-state index < -0.39 is 9.84 Å². The lowest BCUT2D eigenvalue weighted by Gasteiger charge is -2.24. The Balaban J connectivity index is 2.17. The van der Waals surface area contributed by atoms with Crippen molar-refractivity contribution < 1.29 is 8.42 Å². The van der Waals surface area contributed by atoms with E-state index in [1.807, 2.05) is 14.0 Å². The summed E-state index contributed by atoms with van der Waals surface area (Å²) in [4.78, 5) is 0. The first-order valence-corrected chi connectivity index (χ1v) is 8.03. The third kappa shape index (κ3) is 2.60. The van der Waals surface area contributed by atoms with Gasteiger partial charge in [-0.3, -0.25) is 4.68 Å². The first kappa shape index (κ1) is 13.2. The number of sulfone groups is 1. The van der Waals surface area contributed by atoms with Crippen LogP contribution in [0.5, 0.6) is 0 Å². The van der Waals surface area contributed by atoms with E-state index in [0.717, 1.165) is 24.4 Å². The Kier molecular flexibility index (Phi) is 3.52. The van der Waals surface area contributed by atoms with Crippen molar-refractivity contribution in [1.29, 1.82) is 0 Å². The predicted molar refractivity (Wildman–Crippen MR) is 72.3 cm³/mol. The molecule has 1 aliphatic heterocycles. The summed E-state index contributed by atoms with van der Waals surface area (Å²) in [7, 11) is -1.09. The zero-order valence-electron chi connectivity index (χ0n) is 10.8. The molecule has 1 saturated heterocycles. The fourth-order valence-electron chi connectivity index (χ4n) is 2.36. The smallest absolute Gasteiger partial charge is 0.152 e. The molecular weight excluding hydrogens is 252 g/mol. The topological polar surface area (TPSA) is 90.0 Å². The Labute approximate surface area is 107 Å². The SMILES string of the molecule is CCc1nn(C)c(NC2CCCS(=O)(=O)C2)c1N. The van der Waals surface area contributed by atoms with Crippen molar-refractivity contribution in [3.8, 4) is 0 Å². The molecule has 0 bridgehead atoms. The van der Waals surface area contributed by atoms with Gasteiger partial charge in [-0.05, 0) is 19.3 Å². The van der Waals surface area contributed by atoms with Crippen LogP contribution in [0.15, 0.2) is 0 Å². The molecule has 0 amide bonds. The Morgan fingerprint density at radius 3 is 2.83 bits per heavy atom. The minimum Gasteiger partial charge on any atom is -0.394 e. The zero-order valence-corrected chi connectivity index (χ0v) is 11.6. The summed E-state index contributed by atoms with van der Waals surface area (Å²) in [6, 6.07) is -0.0637. The summed E-state index contributed by atoms with van der Waals surface area (Å²) in [5.74, 6) is 1.21. The molecule has 3 N–H and O–H groups in total. The predicted octanol–water partition coefficient (Wildman–Crippen LogP) is 0.554. The molecule has 0 aromatic carbocycles. The average molecular weight is 272 g/mol. The van der Waals surface area contributed by atoms with Gasteiger partial charge in [-0.1, -0.05) is 6.92 Å². The van der Waals surface area contributed by atoms with Crippen LogP contribution in [0, 0.1) is 0 Å². The number of rotatable bonds is 3. The highest BCUT2D eigenvalue weighted by Gasteiger charge is 2.26. The molecule has 1 fully saturated rings. The van der Waals surface area contributed by atoms with Gasteiger partial charge in [0.25, 0.3) is 0 Å². The lowest BCUT2D eigenvalue weighted by Crippen LogP contribution is -2.35. The molecule has 0 saturated carbocycles. The molecule has 0 radical (unpaired) electrons. The van der Waals surface area contributed by atoms with Crippen LogP contribution in [-0.4, -0.2) is 35.7 Å². The maximum Gasteiger partial charge on any atom is 0.152 e. The van der Waals surface area contributed by atoms with E-state index in [1.54, 1.807) is 4.68 Å². The molecule has 6 nitrogen and oxygen atoms in total. The Morgan fingerprint density at radius 1 is 1.56 bits per heavy atom. The van der Waals surface area contributed by atoms with E-state index in [4.69, 9.17) is 5.73 Å². The van der Waals surface area contributed by atoms with E-state index >= 15 is 0 Å². The van der Waals surface area contributed by atoms with Crippen LogP contribution in [0.2, 0.25) is 0 Å². The average Bonchev–Trinajstić information content (AvgIpc) is 2.55. The fourth-order valence-corrected chi connectivity index (χ4v) is 3.99. The monoisotopic (exact) mass is 272 g/mol. The van der Waals surface area contributed by atoms with Crippen LogP contribution in [-0.2, 0) is 23.3 Å². The number of hydrogen-bond donors (Lipinski definition) is 2.